The smallest absolute Gasteiger partial charge is 0.290 e. The fourth-order valence-electron chi connectivity index (χ4n) is 3.55. The van der Waals surface area contributed by atoms with Gasteiger partial charge in [0, 0.05) is 39.4 Å². The summed E-state index contributed by atoms with van der Waals surface area (Å²) in [5, 5.41) is 19.3. The number of ether oxygens (including phenoxy) is 1. The molecule has 4 rings (SSSR count). The van der Waals surface area contributed by atoms with Crippen LogP contribution >= 0.6 is 0 Å². The number of nitrogens with zero attached hydrogens (tertiary/aromatic N) is 4. The van der Waals surface area contributed by atoms with Crippen molar-refractivity contribution in [1.29, 1.82) is 0 Å². The van der Waals surface area contributed by atoms with Gasteiger partial charge in [-0.2, -0.15) is 0 Å². The lowest BCUT2D eigenvalue weighted by Crippen LogP contribution is -2.52. The van der Waals surface area contributed by atoms with Crippen LogP contribution in [-0.2, 0) is 17.6 Å². The molecule has 1 aromatic carbocycles. The van der Waals surface area contributed by atoms with Gasteiger partial charge in [-0.1, -0.05) is 0 Å². The molecule has 0 radical (unpaired) electrons. The fraction of sp³-hybridized carbons (Fsp3) is 0.588. The molecule has 7 nitrogen and oxygen atoms in total. The standard InChI is InChI=1S/C17H23N5O2/c1-24-14-10-21(11-14)7-3-6-18-17-19-15-8-12-4-2-5-13(12)9-16(15)22(23)20-17/h8-9,14H,2-7,10-11H2,1H3,(H,18,19,20). The average molecular weight is 329 g/mol. The highest BCUT2D eigenvalue weighted by Crippen LogP contribution is 2.25. The van der Waals surface area contributed by atoms with Gasteiger partial charge in [0.1, 0.15) is 5.52 Å². The van der Waals surface area contributed by atoms with Crippen LogP contribution in [0.4, 0.5) is 5.95 Å². The summed E-state index contributed by atoms with van der Waals surface area (Å²) < 4.78 is 5.26. The number of hydrogen-bond donors (Lipinski definition) is 1. The first-order valence-corrected chi connectivity index (χ1v) is 8.65. The van der Waals surface area contributed by atoms with Gasteiger partial charge < -0.3 is 15.3 Å². The summed E-state index contributed by atoms with van der Waals surface area (Å²) in [6.45, 7) is 3.79. The highest BCUT2D eigenvalue weighted by Gasteiger charge is 2.25. The van der Waals surface area contributed by atoms with E-state index in [1.165, 1.54) is 11.1 Å². The van der Waals surface area contributed by atoms with Gasteiger partial charge in [0.2, 0.25) is 0 Å². The molecule has 0 saturated carbocycles. The van der Waals surface area contributed by atoms with Gasteiger partial charge >= 0.3 is 0 Å². The Bertz CT molecular complexity index is 745. The lowest BCUT2D eigenvalue weighted by atomic mass is 10.1. The van der Waals surface area contributed by atoms with Crippen LogP contribution in [0.15, 0.2) is 12.1 Å². The van der Waals surface area contributed by atoms with Crippen molar-refractivity contribution in [3.8, 4) is 0 Å². The topological polar surface area (TPSA) is 77.2 Å². The Morgan fingerprint density at radius 1 is 1.33 bits per heavy atom. The Morgan fingerprint density at radius 3 is 2.92 bits per heavy atom. The Balaban J connectivity index is 1.37. The SMILES string of the molecule is COC1CN(CCCNc2nc3cc4c(cc3[n+]([O-])n2)CCC4)C1. The van der Waals surface area contributed by atoms with Crippen LogP contribution in [0.25, 0.3) is 11.0 Å². The van der Waals surface area contributed by atoms with Crippen molar-refractivity contribution in [2.24, 2.45) is 0 Å². The maximum absolute atomic E-state index is 12.2. The monoisotopic (exact) mass is 329 g/mol. The number of aryl methyl sites for hydroxylation is 2. The molecule has 1 saturated heterocycles. The number of benzene rings is 1. The molecule has 1 N–H and O–H groups in total. The second-order valence-corrected chi connectivity index (χ2v) is 6.67. The Morgan fingerprint density at radius 2 is 2.12 bits per heavy atom. The molecular formula is C17H23N5O2. The van der Waals surface area contributed by atoms with E-state index in [-0.39, 0.29) is 0 Å². The third-order valence-electron chi connectivity index (χ3n) is 5.00. The van der Waals surface area contributed by atoms with E-state index in [1.54, 1.807) is 7.11 Å². The van der Waals surface area contributed by atoms with Crippen LogP contribution in [-0.4, -0.2) is 54.4 Å². The molecular weight excluding hydrogens is 306 g/mol. The fourth-order valence-corrected chi connectivity index (χ4v) is 3.55. The normalized spacial score (nSPS) is 17.9. The lowest BCUT2D eigenvalue weighted by molar-refractivity contribution is -0.641. The van der Waals surface area contributed by atoms with Crippen molar-refractivity contribution in [3.63, 3.8) is 0 Å². The highest BCUT2D eigenvalue weighted by molar-refractivity contribution is 5.74. The van der Waals surface area contributed by atoms with Gasteiger partial charge in [-0.3, -0.25) is 4.90 Å². The quantitative estimate of drug-likeness (QED) is 0.482. The highest BCUT2D eigenvalue weighted by atomic mass is 16.5. The third kappa shape index (κ3) is 3.01. The lowest BCUT2D eigenvalue weighted by Gasteiger charge is -2.38. The van der Waals surface area contributed by atoms with Crippen LogP contribution in [0.2, 0.25) is 0 Å². The predicted molar refractivity (Wildman–Crippen MR) is 90.9 cm³/mol. The van der Waals surface area contributed by atoms with Gasteiger partial charge in [-0.25, -0.2) is 4.98 Å². The van der Waals surface area contributed by atoms with E-state index >= 15 is 0 Å². The Kier molecular flexibility index (Phi) is 4.20. The van der Waals surface area contributed by atoms with E-state index in [0.717, 1.165) is 57.4 Å². The van der Waals surface area contributed by atoms with E-state index < -0.39 is 0 Å². The molecule has 1 aliphatic carbocycles. The summed E-state index contributed by atoms with van der Waals surface area (Å²) in [5.41, 5.74) is 3.87. The largest absolute Gasteiger partial charge is 0.594 e. The van der Waals surface area contributed by atoms with Crippen molar-refractivity contribution in [2.45, 2.75) is 31.8 Å². The summed E-state index contributed by atoms with van der Waals surface area (Å²) in [4.78, 5) is 7.56. The Hall–Kier alpha value is -1.99. The van der Waals surface area contributed by atoms with Gasteiger partial charge in [0.15, 0.2) is 0 Å². The zero-order chi connectivity index (χ0) is 16.5. The number of rotatable bonds is 6. The molecule has 1 fully saturated rings. The van der Waals surface area contributed by atoms with E-state index in [1.807, 2.05) is 12.1 Å². The molecule has 2 aliphatic rings. The summed E-state index contributed by atoms with van der Waals surface area (Å²) in [5.74, 6) is 0.411. The van der Waals surface area contributed by atoms with Crippen LogP contribution < -0.4 is 10.2 Å². The molecule has 0 unspecified atom stereocenters. The summed E-state index contributed by atoms with van der Waals surface area (Å²) >= 11 is 0. The minimum atomic E-state index is 0.392. The molecule has 24 heavy (non-hydrogen) atoms. The minimum absolute atomic E-state index is 0.392. The number of methoxy groups -OCH3 is 1. The van der Waals surface area contributed by atoms with Gasteiger partial charge in [-0.05, 0) is 47.7 Å². The van der Waals surface area contributed by atoms with Gasteiger partial charge in [-0.15, -0.1) is 0 Å². The number of anilines is 1. The zero-order valence-electron chi connectivity index (χ0n) is 14.0. The van der Waals surface area contributed by atoms with Crippen molar-refractivity contribution >= 4 is 17.0 Å². The van der Waals surface area contributed by atoms with Crippen LogP contribution in [0.1, 0.15) is 24.0 Å². The number of hydrogen-bond acceptors (Lipinski definition) is 6. The molecule has 0 atom stereocenters. The van der Waals surface area contributed by atoms with E-state index in [0.29, 0.717) is 22.4 Å². The second kappa shape index (κ2) is 6.49. The van der Waals surface area contributed by atoms with Crippen molar-refractivity contribution < 1.29 is 9.58 Å². The van der Waals surface area contributed by atoms with Crippen LogP contribution in [0.3, 0.4) is 0 Å². The maximum Gasteiger partial charge on any atom is 0.290 e. The van der Waals surface area contributed by atoms with Crippen molar-refractivity contribution in [1.82, 2.24) is 15.0 Å². The first-order valence-electron chi connectivity index (χ1n) is 8.65. The number of aromatic nitrogens is 3. The van der Waals surface area contributed by atoms with Gasteiger partial charge in [0.25, 0.3) is 11.5 Å². The molecule has 0 bridgehead atoms. The minimum Gasteiger partial charge on any atom is -0.594 e. The molecule has 2 aromatic rings. The molecule has 2 heterocycles. The van der Waals surface area contributed by atoms with Crippen molar-refractivity contribution in [3.05, 3.63) is 28.5 Å². The van der Waals surface area contributed by atoms with E-state index in [2.05, 4.69) is 20.3 Å². The van der Waals surface area contributed by atoms with Crippen LogP contribution in [0.5, 0.6) is 0 Å². The van der Waals surface area contributed by atoms with E-state index in [9.17, 15) is 5.21 Å². The predicted octanol–water partition coefficient (Wildman–Crippen LogP) is 0.884. The number of likely N-dealkylation sites (tertiary alicyclic amines) is 1. The molecule has 0 amide bonds. The summed E-state index contributed by atoms with van der Waals surface area (Å²) in [7, 11) is 1.76. The summed E-state index contributed by atoms with van der Waals surface area (Å²) in [6.07, 6.45) is 4.66. The van der Waals surface area contributed by atoms with Crippen LogP contribution in [0, 0.1) is 5.21 Å². The molecule has 1 aromatic heterocycles. The molecule has 1 aliphatic heterocycles. The third-order valence-corrected chi connectivity index (χ3v) is 5.00. The average Bonchev–Trinajstić information content (AvgIpc) is 2.98. The van der Waals surface area contributed by atoms with Crippen molar-refractivity contribution in [2.75, 3.05) is 38.6 Å². The maximum atomic E-state index is 12.2. The first kappa shape index (κ1) is 15.5. The van der Waals surface area contributed by atoms with Gasteiger partial charge in [0.05, 0.1) is 11.2 Å². The number of fused-ring (bicyclic) bond motifs is 2. The second-order valence-electron chi connectivity index (χ2n) is 6.67. The first-order chi connectivity index (χ1) is 11.7. The van der Waals surface area contributed by atoms with E-state index in [4.69, 9.17) is 4.74 Å². The Labute approximate surface area is 141 Å². The molecule has 128 valence electrons. The summed E-state index contributed by atoms with van der Waals surface area (Å²) in [6, 6.07) is 3.99. The molecule has 0 spiro atoms. The zero-order valence-corrected chi connectivity index (χ0v) is 14.0. The molecule has 7 heteroatoms. The number of nitrogens with one attached hydrogen (secondary N) is 1.